The maximum Gasteiger partial charge on any atom is 0.257 e. The Morgan fingerprint density at radius 1 is 1.13 bits per heavy atom. The number of ether oxygens (including phenoxy) is 1. The van der Waals surface area contributed by atoms with E-state index in [0.29, 0.717) is 22.3 Å². The number of hydrogen-bond donors (Lipinski definition) is 1. The summed E-state index contributed by atoms with van der Waals surface area (Å²) >= 11 is 11.8. The fraction of sp³-hybridized carbons (Fsp3) is 0.278. The average molecular weight is 352 g/mol. The summed E-state index contributed by atoms with van der Waals surface area (Å²) in [4.78, 5) is 12.0. The minimum absolute atomic E-state index is 0.0910. The lowest BCUT2D eigenvalue weighted by atomic mass is 9.84. The first-order valence-electron chi connectivity index (χ1n) is 7.28. The summed E-state index contributed by atoms with van der Waals surface area (Å²) in [5, 5.41) is 3.80. The van der Waals surface area contributed by atoms with Crippen molar-refractivity contribution in [1.29, 1.82) is 0 Å². The number of rotatable bonds is 6. The molecular formula is C18H19Cl2NO2. The molecule has 2 aromatic carbocycles. The maximum atomic E-state index is 12.0. The van der Waals surface area contributed by atoms with Crippen LogP contribution in [0.1, 0.15) is 19.4 Å². The molecule has 0 atom stereocenters. The summed E-state index contributed by atoms with van der Waals surface area (Å²) in [7, 11) is 0. The first-order chi connectivity index (χ1) is 10.9. The van der Waals surface area contributed by atoms with Gasteiger partial charge in [-0.05, 0) is 23.8 Å². The Morgan fingerprint density at radius 3 is 2.48 bits per heavy atom. The predicted octanol–water partition coefficient (Wildman–Crippen LogP) is 4.47. The van der Waals surface area contributed by atoms with E-state index in [9.17, 15) is 4.79 Å². The zero-order valence-electron chi connectivity index (χ0n) is 13.1. The molecule has 0 bridgehead atoms. The van der Waals surface area contributed by atoms with Gasteiger partial charge in [-0.15, -0.1) is 0 Å². The molecule has 0 radical (unpaired) electrons. The summed E-state index contributed by atoms with van der Waals surface area (Å²) < 4.78 is 5.42. The van der Waals surface area contributed by atoms with Gasteiger partial charge in [0.25, 0.3) is 5.91 Å². The fourth-order valence-electron chi connectivity index (χ4n) is 2.10. The van der Waals surface area contributed by atoms with Crippen LogP contribution < -0.4 is 10.1 Å². The van der Waals surface area contributed by atoms with E-state index in [1.54, 1.807) is 18.2 Å². The Bertz CT molecular complexity index is 672. The summed E-state index contributed by atoms with van der Waals surface area (Å²) in [5.41, 5.74) is 1.01. The van der Waals surface area contributed by atoms with Crippen LogP contribution in [0.4, 0.5) is 0 Å². The molecule has 0 aromatic heterocycles. The van der Waals surface area contributed by atoms with Crippen molar-refractivity contribution in [2.75, 3.05) is 13.2 Å². The summed E-state index contributed by atoms with van der Waals surface area (Å²) in [6, 6.07) is 14.9. The number of carbonyl (C=O) groups is 1. The van der Waals surface area contributed by atoms with Crippen LogP contribution in [0, 0.1) is 0 Å². The van der Waals surface area contributed by atoms with Crippen LogP contribution in [0.3, 0.4) is 0 Å². The summed E-state index contributed by atoms with van der Waals surface area (Å²) in [6.45, 7) is 4.60. The predicted molar refractivity (Wildman–Crippen MR) is 94.4 cm³/mol. The van der Waals surface area contributed by atoms with Gasteiger partial charge in [-0.2, -0.15) is 0 Å². The zero-order chi connectivity index (χ0) is 16.9. The molecule has 0 spiro atoms. The Labute approximate surface area is 146 Å². The van der Waals surface area contributed by atoms with E-state index in [0.717, 1.165) is 0 Å². The molecule has 3 nitrogen and oxygen atoms in total. The van der Waals surface area contributed by atoms with Crippen molar-refractivity contribution in [3.8, 4) is 5.75 Å². The number of benzene rings is 2. The maximum absolute atomic E-state index is 12.0. The highest BCUT2D eigenvalue weighted by Gasteiger charge is 2.21. The quantitative estimate of drug-likeness (QED) is 0.833. The van der Waals surface area contributed by atoms with Crippen molar-refractivity contribution in [1.82, 2.24) is 5.32 Å². The number of carbonyl (C=O) groups excluding carboxylic acids is 1. The van der Waals surface area contributed by atoms with E-state index in [2.05, 4.69) is 31.3 Å². The molecule has 0 saturated carbocycles. The first-order valence-corrected chi connectivity index (χ1v) is 8.04. The molecule has 0 unspecified atom stereocenters. The standard InChI is InChI=1S/C18H19Cl2NO2/c1-18(2,13-6-4-3-5-7-13)12-21-17(22)11-23-16-9-8-14(19)10-15(16)20/h3-10H,11-12H2,1-2H3,(H,21,22). The van der Waals surface area contributed by atoms with Crippen molar-refractivity contribution >= 4 is 29.1 Å². The molecule has 122 valence electrons. The van der Waals surface area contributed by atoms with Gasteiger partial charge in [0.1, 0.15) is 5.75 Å². The van der Waals surface area contributed by atoms with Gasteiger partial charge in [0.15, 0.2) is 6.61 Å². The lowest BCUT2D eigenvalue weighted by Crippen LogP contribution is -2.38. The second-order valence-electron chi connectivity index (χ2n) is 5.89. The molecule has 1 amide bonds. The molecule has 23 heavy (non-hydrogen) atoms. The fourth-order valence-corrected chi connectivity index (χ4v) is 2.56. The largest absolute Gasteiger partial charge is 0.482 e. The second kappa shape index (κ2) is 7.71. The number of halogens is 2. The Morgan fingerprint density at radius 2 is 1.83 bits per heavy atom. The van der Waals surface area contributed by atoms with Crippen molar-refractivity contribution in [2.45, 2.75) is 19.3 Å². The van der Waals surface area contributed by atoms with Crippen LogP contribution >= 0.6 is 23.2 Å². The highest BCUT2D eigenvalue weighted by atomic mass is 35.5. The average Bonchev–Trinajstić information content (AvgIpc) is 2.53. The molecule has 0 aliphatic heterocycles. The van der Waals surface area contributed by atoms with Gasteiger partial charge in [0.05, 0.1) is 5.02 Å². The van der Waals surface area contributed by atoms with Crippen LogP contribution in [0.5, 0.6) is 5.75 Å². The van der Waals surface area contributed by atoms with E-state index in [1.165, 1.54) is 5.56 Å². The monoisotopic (exact) mass is 351 g/mol. The van der Waals surface area contributed by atoms with E-state index < -0.39 is 0 Å². The van der Waals surface area contributed by atoms with E-state index in [4.69, 9.17) is 27.9 Å². The Hall–Kier alpha value is -1.71. The Kier molecular flexibility index (Phi) is 5.91. The van der Waals surface area contributed by atoms with Gasteiger partial charge in [-0.1, -0.05) is 67.4 Å². The lowest BCUT2D eigenvalue weighted by Gasteiger charge is -2.25. The van der Waals surface area contributed by atoms with Crippen LogP contribution in [-0.4, -0.2) is 19.1 Å². The van der Waals surface area contributed by atoms with Crippen LogP contribution in [0.2, 0.25) is 10.0 Å². The topological polar surface area (TPSA) is 38.3 Å². The number of hydrogen-bond acceptors (Lipinski definition) is 2. The molecule has 0 fully saturated rings. The minimum atomic E-state index is -0.194. The smallest absolute Gasteiger partial charge is 0.257 e. The minimum Gasteiger partial charge on any atom is -0.482 e. The molecular weight excluding hydrogens is 333 g/mol. The summed E-state index contributed by atoms with van der Waals surface area (Å²) in [6.07, 6.45) is 0. The second-order valence-corrected chi connectivity index (χ2v) is 6.73. The molecule has 0 heterocycles. The lowest BCUT2D eigenvalue weighted by molar-refractivity contribution is -0.123. The number of nitrogens with one attached hydrogen (secondary N) is 1. The molecule has 0 aliphatic rings. The van der Waals surface area contributed by atoms with Crippen molar-refractivity contribution in [2.24, 2.45) is 0 Å². The van der Waals surface area contributed by atoms with E-state index in [-0.39, 0.29) is 17.9 Å². The normalized spacial score (nSPS) is 11.1. The van der Waals surface area contributed by atoms with E-state index >= 15 is 0 Å². The molecule has 0 aliphatic carbocycles. The van der Waals surface area contributed by atoms with Crippen molar-refractivity contribution < 1.29 is 9.53 Å². The van der Waals surface area contributed by atoms with Gasteiger partial charge in [-0.25, -0.2) is 0 Å². The number of amides is 1. The molecule has 0 saturated heterocycles. The summed E-state index contributed by atoms with van der Waals surface area (Å²) in [5.74, 6) is 0.244. The first kappa shape index (κ1) is 17.6. The van der Waals surface area contributed by atoms with Gasteiger partial charge < -0.3 is 10.1 Å². The zero-order valence-corrected chi connectivity index (χ0v) is 14.6. The third-order valence-corrected chi connectivity index (χ3v) is 4.07. The van der Waals surface area contributed by atoms with Crippen LogP contribution in [0.15, 0.2) is 48.5 Å². The van der Waals surface area contributed by atoms with E-state index in [1.807, 2.05) is 18.2 Å². The van der Waals surface area contributed by atoms with Gasteiger partial charge in [0.2, 0.25) is 0 Å². The SMILES string of the molecule is CC(C)(CNC(=O)COc1ccc(Cl)cc1Cl)c1ccccc1. The third kappa shape index (κ3) is 5.15. The molecule has 1 N–H and O–H groups in total. The highest BCUT2D eigenvalue weighted by molar-refractivity contribution is 6.35. The Balaban J connectivity index is 1.85. The molecule has 2 rings (SSSR count). The van der Waals surface area contributed by atoms with Crippen LogP contribution in [-0.2, 0) is 10.2 Å². The molecule has 2 aromatic rings. The van der Waals surface area contributed by atoms with Crippen molar-refractivity contribution in [3.05, 3.63) is 64.1 Å². The highest BCUT2D eigenvalue weighted by Crippen LogP contribution is 2.27. The van der Waals surface area contributed by atoms with Gasteiger partial charge in [-0.3, -0.25) is 4.79 Å². The molecule has 5 heteroatoms. The van der Waals surface area contributed by atoms with Crippen LogP contribution in [0.25, 0.3) is 0 Å². The van der Waals surface area contributed by atoms with Crippen molar-refractivity contribution in [3.63, 3.8) is 0 Å². The van der Waals surface area contributed by atoms with Gasteiger partial charge in [0, 0.05) is 17.0 Å². The van der Waals surface area contributed by atoms with Gasteiger partial charge >= 0.3 is 0 Å². The third-order valence-electron chi connectivity index (χ3n) is 3.54.